The SMILES string of the molecule is CNC(=O)c1ccc(NC(=O)c2ccccc2SCC2CCCO2)cc1. The first kappa shape index (κ1) is 18.5. The minimum Gasteiger partial charge on any atom is -0.377 e. The van der Waals surface area contributed by atoms with Crippen molar-refractivity contribution in [3.8, 4) is 0 Å². The van der Waals surface area contributed by atoms with E-state index in [1.54, 1.807) is 43.1 Å². The standard InChI is InChI=1S/C20H22N2O3S/c1-21-19(23)14-8-10-15(11-9-14)22-20(24)17-6-2-3-7-18(17)26-13-16-5-4-12-25-16/h2-3,6-11,16H,4-5,12-13H2,1H3,(H,21,23)(H,22,24). The van der Waals surface area contributed by atoms with Crippen LogP contribution in [-0.2, 0) is 4.74 Å². The van der Waals surface area contributed by atoms with E-state index in [0.717, 1.165) is 30.1 Å². The zero-order valence-corrected chi connectivity index (χ0v) is 15.5. The summed E-state index contributed by atoms with van der Waals surface area (Å²) in [5.41, 5.74) is 1.85. The molecule has 3 rings (SSSR count). The normalized spacial score (nSPS) is 16.3. The van der Waals surface area contributed by atoms with Crippen molar-refractivity contribution < 1.29 is 14.3 Å². The summed E-state index contributed by atoms with van der Waals surface area (Å²) in [6, 6.07) is 14.4. The Hall–Kier alpha value is -2.31. The summed E-state index contributed by atoms with van der Waals surface area (Å²) >= 11 is 1.65. The quantitative estimate of drug-likeness (QED) is 0.763. The van der Waals surface area contributed by atoms with Crippen LogP contribution in [0.3, 0.4) is 0 Å². The van der Waals surface area contributed by atoms with Crippen LogP contribution in [0.1, 0.15) is 33.6 Å². The molecule has 1 fully saturated rings. The summed E-state index contributed by atoms with van der Waals surface area (Å²) in [6.07, 6.45) is 2.46. The van der Waals surface area contributed by atoms with Gasteiger partial charge in [-0.05, 0) is 49.2 Å². The van der Waals surface area contributed by atoms with Crippen molar-refractivity contribution in [3.63, 3.8) is 0 Å². The molecule has 2 aromatic rings. The van der Waals surface area contributed by atoms with E-state index in [1.165, 1.54) is 0 Å². The summed E-state index contributed by atoms with van der Waals surface area (Å²) in [4.78, 5) is 25.2. The van der Waals surface area contributed by atoms with Gasteiger partial charge in [-0.2, -0.15) is 0 Å². The second-order valence-corrected chi connectivity index (χ2v) is 7.11. The van der Waals surface area contributed by atoms with Crippen molar-refractivity contribution in [2.24, 2.45) is 0 Å². The van der Waals surface area contributed by atoms with E-state index < -0.39 is 0 Å². The van der Waals surface area contributed by atoms with Crippen LogP contribution in [-0.4, -0.2) is 37.3 Å². The third-order valence-electron chi connectivity index (χ3n) is 4.21. The van der Waals surface area contributed by atoms with E-state index in [1.807, 2.05) is 24.3 Å². The fraction of sp³-hybridized carbons (Fsp3) is 0.300. The topological polar surface area (TPSA) is 67.4 Å². The van der Waals surface area contributed by atoms with E-state index >= 15 is 0 Å². The number of amides is 2. The molecule has 0 radical (unpaired) electrons. The Balaban J connectivity index is 1.66. The maximum atomic E-state index is 12.7. The molecular weight excluding hydrogens is 348 g/mol. The van der Waals surface area contributed by atoms with Crippen molar-refractivity contribution in [2.45, 2.75) is 23.8 Å². The van der Waals surface area contributed by atoms with Crippen LogP contribution in [0.4, 0.5) is 5.69 Å². The summed E-state index contributed by atoms with van der Waals surface area (Å²) in [7, 11) is 1.59. The lowest BCUT2D eigenvalue weighted by atomic mass is 10.1. The van der Waals surface area contributed by atoms with E-state index in [2.05, 4.69) is 10.6 Å². The predicted molar refractivity (Wildman–Crippen MR) is 104 cm³/mol. The number of benzene rings is 2. The number of hydrogen-bond acceptors (Lipinski definition) is 4. The lowest BCUT2D eigenvalue weighted by Gasteiger charge is -2.12. The highest BCUT2D eigenvalue weighted by molar-refractivity contribution is 7.99. The van der Waals surface area contributed by atoms with Gasteiger partial charge in [0.15, 0.2) is 0 Å². The van der Waals surface area contributed by atoms with Gasteiger partial charge in [0.2, 0.25) is 0 Å². The number of carbonyl (C=O) groups excluding carboxylic acids is 2. The minimum atomic E-state index is -0.159. The molecule has 1 aliphatic rings. The van der Waals surface area contributed by atoms with Crippen molar-refractivity contribution in [3.05, 3.63) is 59.7 Å². The van der Waals surface area contributed by atoms with Crippen molar-refractivity contribution in [1.82, 2.24) is 5.32 Å². The van der Waals surface area contributed by atoms with Gasteiger partial charge in [-0.1, -0.05) is 12.1 Å². The van der Waals surface area contributed by atoms with Gasteiger partial charge in [-0.15, -0.1) is 11.8 Å². The summed E-state index contributed by atoms with van der Waals surface area (Å²) in [6.45, 7) is 0.833. The lowest BCUT2D eigenvalue weighted by molar-refractivity contribution is 0.0962. The van der Waals surface area contributed by atoms with Crippen molar-refractivity contribution in [2.75, 3.05) is 24.7 Å². The number of nitrogens with one attached hydrogen (secondary N) is 2. The van der Waals surface area contributed by atoms with E-state index in [0.29, 0.717) is 16.8 Å². The van der Waals surface area contributed by atoms with E-state index in [9.17, 15) is 9.59 Å². The number of hydrogen-bond donors (Lipinski definition) is 2. The first-order valence-electron chi connectivity index (χ1n) is 8.64. The molecule has 1 atom stereocenters. The van der Waals surface area contributed by atoms with Crippen LogP contribution < -0.4 is 10.6 Å². The van der Waals surface area contributed by atoms with Crippen molar-refractivity contribution in [1.29, 1.82) is 0 Å². The largest absolute Gasteiger partial charge is 0.377 e. The first-order chi connectivity index (χ1) is 12.7. The van der Waals surface area contributed by atoms with Crippen LogP contribution >= 0.6 is 11.8 Å². The highest BCUT2D eigenvalue weighted by atomic mass is 32.2. The molecule has 1 aliphatic heterocycles. The fourth-order valence-corrected chi connectivity index (χ4v) is 3.91. The van der Waals surface area contributed by atoms with E-state index in [-0.39, 0.29) is 17.9 Å². The molecule has 0 aromatic heterocycles. The Morgan fingerprint density at radius 2 is 1.88 bits per heavy atom. The summed E-state index contributed by atoms with van der Waals surface area (Å²) in [5, 5.41) is 5.47. The highest BCUT2D eigenvalue weighted by Gasteiger charge is 2.18. The molecule has 2 amide bonds. The van der Waals surface area contributed by atoms with Crippen LogP contribution in [0.2, 0.25) is 0 Å². The van der Waals surface area contributed by atoms with Crippen LogP contribution in [0.5, 0.6) is 0 Å². The Bertz CT molecular complexity index is 771. The minimum absolute atomic E-state index is 0.154. The van der Waals surface area contributed by atoms with Gasteiger partial charge in [-0.25, -0.2) is 0 Å². The predicted octanol–water partition coefficient (Wildman–Crippen LogP) is 3.57. The molecule has 0 spiro atoms. The Morgan fingerprint density at radius 3 is 2.58 bits per heavy atom. The first-order valence-corrected chi connectivity index (χ1v) is 9.63. The molecule has 26 heavy (non-hydrogen) atoms. The van der Waals surface area contributed by atoms with Crippen molar-refractivity contribution >= 4 is 29.3 Å². The number of rotatable bonds is 6. The van der Waals surface area contributed by atoms with Gasteiger partial charge in [-0.3, -0.25) is 9.59 Å². The molecule has 1 saturated heterocycles. The maximum Gasteiger partial charge on any atom is 0.256 e. The molecule has 5 nitrogen and oxygen atoms in total. The average molecular weight is 370 g/mol. The summed E-state index contributed by atoms with van der Waals surface area (Å²) in [5.74, 6) is 0.539. The van der Waals surface area contributed by atoms with Gasteiger partial charge in [0.1, 0.15) is 0 Å². The third-order valence-corrected chi connectivity index (χ3v) is 5.42. The number of ether oxygens (including phenoxy) is 1. The maximum absolute atomic E-state index is 12.7. The smallest absolute Gasteiger partial charge is 0.256 e. The monoisotopic (exact) mass is 370 g/mol. The molecular formula is C20H22N2O3S. The molecule has 0 aliphatic carbocycles. The molecule has 0 bridgehead atoms. The fourth-order valence-electron chi connectivity index (χ4n) is 2.79. The van der Waals surface area contributed by atoms with Crippen LogP contribution in [0.15, 0.2) is 53.4 Å². The molecule has 2 aromatic carbocycles. The lowest BCUT2D eigenvalue weighted by Crippen LogP contribution is -2.18. The van der Waals surface area contributed by atoms with E-state index in [4.69, 9.17) is 4.74 Å². The number of thioether (sulfide) groups is 1. The zero-order valence-electron chi connectivity index (χ0n) is 14.7. The molecule has 136 valence electrons. The van der Waals surface area contributed by atoms with Gasteiger partial charge in [0.25, 0.3) is 11.8 Å². The number of anilines is 1. The molecule has 1 unspecified atom stereocenters. The molecule has 2 N–H and O–H groups in total. The Kier molecular flexibility index (Phi) is 6.30. The zero-order chi connectivity index (χ0) is 18.4. The highest BCUT2D eigenvalue weighted by Crippen LogP contribution is 2.27. The second kappa shape index (κ2) is 8.87. The van der Waals surface area contributed by atoms with Gasteiger partial charge < -0.3 is 15.4 Å². The van der Waals surface area contributed by atoms with Gasteiger partial charge in [0.05, 0.1) is 11.7 Å². The average Bonchev–Trinajstić information content (AvgIpc) is 3.20. The second-order valence-electron chi connectivity index (χ2n) is 6.05. The van der Waals surface area contributed by atoms with Gasteiger partial charge >= 0.3 is 0 Å². The van der Waals surface area contributed by atoms with Crippen LogP contribution in [0.25, 0.3) is 0 Å². The molecule has 6 heteroatoms. The molecule has 1 heterocycles. The Morgan fingerprint density at radius 1 is 1.12 bits per heavy atom. The summed E-state index contributed by atoms with van der Waals surface area (Å²) < 4.78 is 5.66. The number of carbonyl (C=O) groups is 2. The Labute approximate surface area is 157 Å². The van der Waals surface area contributed by atoms with Crippen LogP contribution in [0, 0.1) is 0 Å². The third kappa shape index (κ3) is 4.65. The van der Waals surface area contributed by atoms with Gasteiger partial charge in [0, 0.05) is 35.6 Å². The molecule has 0 saturated carbocycles.